The molecule has 0 amide bonds. The zero-order chi connectivity index (χ0) is 12.7. The van der Waals surface area contributed by atoms with Crippen LogP contribution in [0.4, 0.5) is 5.82 Å². The van der Waals surface area contributed by atoms with E-state index < -0.39 is 0 Å². The van der Waals surface area contributed by atoms with E-state index in [4.69, 9.17) is 18.0 Å². The van der Waals surface area contributed by atoms with Gasteiger partial charge in [-0.2, -0.15) is 0 Å². The quantitative estimate of drug-likeness (QED) is 0.568. The Kier molecular flexibility index (Phi) is 5.86. The van der Waals surface area contributed by atoms with Gasteiger partial charge in [0.1, 0.15) is 10.8 Å². The van der Waals surface area contributed by atoms with Crippen molar-refractivity contribution in [2.75, 3.05) is 32.5 Å². The number of hydrogen-bond acceptors (Lipinski definition) is 4. The van der Waals surface area contributed by atoms with E-state index in [2.05, 4.69) is 29.3 Å². The van der Waals surface area contributed by atoms with E-state index in [1.54, 1.807) is 6.20 Å². The molecule has 17 heavy (non-hydrogen) atoms. The molecule has 0 saturated heterocycles. The summed E-state index contributed by atoms with van der Waals surface area (Å²) in [6, 6.07) is 3.79. The van der Waals surface area contributed by atoms with Crippen LogP contribution in [0.15, 0.2) is 18.3 Å². The number of nitrogens with one attached hydrogen (secondary N) is 1. The van der Waals surface area contributed by atoms with Gasteiger partial charge in [0, 0.05) is 18.3 Å². The fraction of sp³-hybridized carbons (Fsp3) is 0.500. The minimum absolute atomic E-state index is 0.384. The average molecular weight is 252 g/mol. The van der Waals surface area contributed by atoms with Crippen molar-refractivity contribution in [3.63, 3.8) is 0 Å². The second kappa shape index (κ2) is 7.19. The summed E-state index contributed by atoms with van der Waals surface area (Å²) in [5.74, 6) is 0.870. The molecule has 94 valence electrons. The van der Waals surface area contributed by atoms with Crippen LogP contribution < -0.4 is 11.1 Å². The van der Waals surface area contributed by atoms with Crippen LogP contribution in [-0.2, 0) is 0 Å². The standard InChI is InChI=1S/C12H20N4S/c1-16(2)8-4-3-7-14-11-6-5-10(9-15-11)12(13)17/h5-6,9H,3-4,7-8H2,1-2H3,(H2,13,17)(H,14,15). The highest BCUT2D eigenvalue weighted by Crippen LogP contribution is 2.05. The first-order valence-electron chi connectivity index (χ1n) is 5.74. The molecular weight excluding hydrogens is 232 g/mol. The molecule has 0 radical (unpaired) electrons. The molecule has 0 aromatic carbocycles. The fourth-order valence-electron chi connectivity index (χ4n) is 1.41. The summed E-state index contributed by atoms with van der Waals surface area (Å²) >= 11 is 4.86. The highest BCUT2D eigenvalue weighted by atomic mass is 32.1. The van der Waals surface area contributed by atoms with Crippen molar-refractivity contribution >= 4 is 23.0 Å². The van der Waals surface area contributed by atoms with Gasteiger partial charge in [-0.3, -0.25) is 0 Å². The first-order valence-corrected chi connectivity index (χ1v) is 6.15. The summed E-state index contributed by atoms with van der Waals surface area (Å²) in [6.07, 6.45) is 4.02. The van der Waals surface area contributed by atoms with Crippen LogP contribution in [0.1, 0.15) is 18.4 Å². The van der Waals surface area contributed by atoms with Gasteiger partial charge in [0.2, 0.25) is 0 Å². The molecule has 1 rings (SSSR count). The summed E-state index contributed by atoms with van der Waals surface area (Å²) in [4.78, 5) is 6.82. The Bertz CT molecular complexity index is 348. The Balaban J connectivity index is 2.25. The lowest BCUT2D eigenvalue weighted by Gasteiger charge is -2.09. The SMILES string of the molecule is CN(C)CCCCNc1ccc(C(N)=S)cn1. The van der Waals surface area contributed by atoms with Gasteiger partial charge in [0.05, 0.1) is 0 Å². The Morgan fingerprint density at radius 1 is 1.41 bits per heavy atom. The van der Waals surface area contributed by atoms with Crippen molar-refractivity contribution in [2.24, 2.45) is 5.73 Å². The Morgan fingerprint density at radius 3 is 2.71 bits per heavy atom. The van der Waals surface area contributed by atoms with Crippen LogP contribution in [-0.4, -0.2) is 42.1 Å². The van der Waals surface area contributed by atoms with E-state index in [1.165, 1.54) is 6.42 Å². The molecule has 0 aliphatic carbocycles. The monoisotopic (exact) mass is 252 g/mol. The molecule has 0 atom stereocenters. The maximum atomic E-state index is 5.50. The van der Waals surface area contributed by atoms with Crippen molar-refractivity contribution < 1.29 is 0 Å². The number of nitrogens with two attached hydrogens (primary N) is 1. The molecular formula is C12H20N4S. The number of unbranched alkanes of at least 4 members (excludes halogenated alkanes) is 1. The number of anilines is 1. The third-order valence-electron chi connectivity index (χ3n) is 2.39. The maximum Gasteiger partial charge on any atom is 0.125 e. The van der Waals surface area contributed by atoms with E-state index in [0.29, 0.717) is 4.99 Å². The van der Waals surface area contributed by atoms with Crippen molar-refractivity contribution in [3.05, 3.63) is 23.9 Å². The van der Waals surface area contributed by atoms with Gasteiger partial charge in [-0.25, -0.2) is 4.98 Å². The van der Waals surface area contributed by atoms with Gasteiger partial charge in [-0.05, 0) is 45.6 Å². The van der Waals surface area contributed by atoms with Gasteiger partial charge >= 0.3 is 0 Å². The molecule has 0 fully saturated rings. The van der Waals surface area contributed by atoms with Crippen LogP contribution >= 0.6 is 12.2 Å². The summed E-state index contributed by atoms with van der Waals surface area (Å²) in [6.45, 7) is 2.06. The van der Waals surface area contributed by atoms with Crippen molar-refractivity contribution in [2.45, 2.75) is 12.8 Å². The van der Waals surface area contributed by atoms with Crippen molar-refractivity contribution in [1.29, 1.82) is 0 Å². The van der Waals surface area contributed by atoms with E-state index in [1.807, 2.05) is 12.1 Å². The molecule has 0 spiro atoms. The number of thiocarbonyl (C=S) groups is 1. The minimum Gasteiger partial charge on any atom is -0.389 e. The van der Waals surface area contributed by atoms with E-state index in [-0.39, 0.29) is 0 Å². The van der Waals surface area contributed by atoms with Crippen LogP contribution in [0.5, 0.6) is 0 Å². The Morgan fingerprint density at radius 2 is 2.18 bits per heavy atom. The van der Waals surface area contributed by atoms with E-state index >= 15 is 0 Å². The summed E-state index contributed by atoms with van der Waals surface area (Å²) in [5, 5.41) is 3.27. The number of nitrogens with zero attached hydrogens (tertiary/aromatic N) is 2. The second-order valence-electron chi connectivity index (χ2n) is 4.23. The van der Waals surface area contributed by atoms with Crippen molar-refractivity contribution in [3.8, 4) is 0 Å². The van der Waals surface area contributed by atoms with Gasteiger partial charge in [-0.15, -0.1) is 0 Å². The normalized spacial score (nSPS) is 10.5. The summed E-state index contributed by atoms with van der Waals surface area (Å²) in [5.41, 5.74) is 6.30. The largest absolute Gasteiger partial charge is 0.389 e. The topological polar surface area (TPSA) is 54.2 Å². The highest BCUT2D eigenvalue weighted by Gasteiger charge is 1.97. The first kappa shape index (κ1) is 13.9. The molecule has 0 bridgehead atoms. The molecule has 0 saturated carbocycles. The lowest BCUT2D eigenvalue weighted by Crippen LogP contribution is -2.14. The summed E-state index contributed by atoms with van der Waals surface area (Å²) < 4.78 is 0. The van der Waals surface area contributed by atoms with E-state index in [9.17, 15) is 0 Å². The molecule has 5 heteroatoms. The lowest BCUT2D eigenvalue weighted by atomic mass is 10.2. The predicted molar refractivity (Wildman–Crippen MR) is 76.4 cm³/mol. The summed E-state index contributed by atoms with van der Waals surface area (Å²) in [7, 11) is 4.17. The third-order valence-corrected chi connectivity index (χ3v) is 2.62. The maximum absolute atomic E-state index is 5.50. The van der Waals surface area contributed by atoms with Crippen LogP contribution in [0, 0.1) is 0 Å². The molecule has 1 aromatic rings. The van der Waals surface area contributed by atoms with E-state index in [0.717, 1.165) is 30.9 Å². The van der Waals surface area contributed by atoms with Gasteiger partial charge < -0.3 is 16.0 Å². The van der Waals surface area contributed by atoms with Crippen LogP contribution in [0.25, 0.3) is 0 Å². The molecule has 0 aliphatic rings. The average Bonchev–Trinajstić information content (AvgIpc) is 2.29. The Hall–Kier alpha value is -1.20. The van der Waals surface area contributed by atoms with Gasteiger partial charge in [-0.1, -0.05) is 12.2 Å². The fourth-order valence-corrected chi connectivity index (χ4v) is 1.53. The lowest BCUT2D eigenvalue weighted by molar-refractivity contribution is 0.396. The zero-order valence-corrected chi connectivity index (χ0v) is 11.3. The van der Waals surface area contributed by atoms with Crippen LogP contribution in [0.2, 0.25) is 0 Å². The Labute approximate surface area is 108 Å². The molecule has 3 N–H and O–H groups in total. The minimum atomic E-state index is 0.384. The third kappa shape index (κ3) is 5.60. The van der Waals surface area contributed by atoms with Gasteiger partial charge in [0.15, 0.2) is 0 Å². The molecule has 0 aliphatic heterocycles. The van der Waals surface area contributed by atoms with Crippen molar-refractivity contribution in [1.82, 2.24) is 9.88 Å². The molecule has 1 aromatic heterocycles. The highest BCUT2D eigenvalue weighted by molar-refractivity contribution is 7.80. The number of rotatable bonds is 7. The molecule has 1 heterocycles. The number of hydrogen-bond donors (Lipinski definition) is 2. The molecule has 0 unspecified atom stereocenters. The second-order valence-corrected chi connectivity index (χ2v) is 4.67. The smallest absolute Gasteiger partial charge is 0.125 e. The molecule has 4 nitrogen and oxygen atoms in total. The number of pyridine rings is 1. The predicted octanol–water partition coefficient (Wildman–Crippen LogP) is 1.47. The zero-order valence-electron chi connectivity index (χ0n) is 10.4. The number of aromatic nitrogens is 1. The van der Waals surface area contributed by atoms with Gasteiger partial charge in [0.25, 0.3) is 0 Å². The first-order chi connectivity index (χ1) is 8.09. The van der Waals surface area contributed by atoms with Crippen LogP contribution in [0.3, 0.4) is 0 Å².